The zero-order valence-electron chi connectivity index (χ0n) is 18.2. The van der Waals surface area contributed by atoms with Crippen LogP contribution in [0.5, 0.6) is 0 Å². The second-order valence-electron chi connectivity index (χ2n) is 8.38. The van der Waals surface area contributed by atoms with Gasteiger partial charge in [-0.15, -0.1) is 0 Å². The zero-order valence-corrected chi connectivity index (χ0v) is 19.0. The molecule has 1 amide bonds. The van der Waals surface area contributed by atoms with Gasteiger partial charge in [0, 0.05) is 25.8 Å². The van der Waals surface area contributed by atoms with Crippen LogP contribution in [0.15, 0.2) is 65.6 Å². The van der Waals surface area contributed by atoms with Gasteiger partial charge in [0.15, 0.2) is 0 Å². The maximum absolute atomic E-state index is 13.3. The molecule has 0 radical (unpaired) electrons. The van der Waals surface area contributed by atoms with E-state index in [0.29, 0.717) is 19.4 Å². The van der Waals surface area contributed by atoms with E-state index in [0.717, 1.165) is 22.0 Å². The summed E-state index contributed by atoms with van der Waals surface area (Å²) in [7, 11) is -1.89. The van der Waals surface area contributed by atoms with Crippen molar-refractivity contribution < 1.29 is 13.2 Å². The molecule has 1 aliphatic rings. The van der Waals surface area contributed by atoms with Gasteiger partial charge < -0.3 is 4.90 Å². The van der Waals surface area contributed by atoms with E-state index in [4.69, 9.17) is 0 Å². The molecule has 5 nitrogen and oxygen atoms in total. The second-order valence-corrected chi connectivity index (χ2v) is 10.3. The van der Waals surface area contributed by atoms with Crippen molar-refractivity contribution in [2.45, 2.75) is 31.6 Å². The van der Waals surface area contributed by atoms with Crippen LogP contribution in [0.25, 0.3) is 10.8 Å². The topological polar surface area (TPSA) is 57.7 Å². The number of hydrogen-bond donors (Lipinski definition) is 0. The molecule has 3 aromatic rings. The lowest BCUT2D eigenvalue weighted by molar-refractivity contribution is -0.123. The summed E-state index contributed by atoms with van der Waals surface area (Å²) in [5.41, 5.74) is 3.14. The van der Waals surface area contributed by atoms with Crippen molar-refractivity contribution in [3.05, 3.63) is 71.8 Å². The quantitative estimate of drug-likeness (QED) is 0.604. The SMILES string of the molecule is Cc1ccc(N(C)C(=O)[C@H]2CCCN(S(=O)(=O)c3ccc4ccccc4c3)C2)cc1C. The fourth-order valence-corrected chi connectivity index (χ4v) is 5.73. The number of amides is 1. The first-order chi connectivity index (χ1) is 14.8. The first-order valence-corrected chi connectivity index (χ1v) is 12.0. The second kappa shape index (κ2) is 8.44. The average molecular weight is 437 g/mol. The van der Waals surface area contributed by atoms with Gasteiger partial charge >= 0.3 is 0 Å². The summed E-state index contributed by atoms with van der Waals surface area (Å²) in [6.07, 6.45) is 1.36. The highest BCUT2D eigenvalue weighted by Gasteiger charge is 2.34. The number of piperidine rings is 1. The number of rotatable bonds is 4. The molecule has 6 heteroatoms. The summed E-state index contributed by atoms with van der Waals surface area (Å²) in [5.74, 6) is -0.391. The number of sulfonamides is 1. The van der Waals surface area contributed by atoms with Gasteiger partial charge in [0.25, 0.3) is 0 Å². The number of carbonyl (C=O) groups is 1. The van der Waals surface area contributed by atoms with Crippen molar-refractivity contribution in [2.24, 2.45) is 5.92 Å². The van der Waals surface area contributed by atoms with Crippen molar-refractivity contribution in [1.82, 2.24) is 4.31 Å². The Labute approximate surface area is 184 Å². The fraction of sp³-hybridized carbons (Fsp3) is 0.320. The Morgan fingerprint density at radius 1 is 0.968 bits per heavy atom. The predicted octanol–water partition coefficient (Wildman–Crippen LogP) is 4.52. The Hall–Kier alpha value is -2.70. The van der Waals surface area contributed by atoms with E-state index in [1.165, 1.54) is 9.87 Å². The van der Waals surface area contributed by atoms with Gasteiger partial charge in [-0.2, -0.15) is 4.31 Å². The number of benzene rings is 3. The zero-order chi connectivity index (χ0) is 22.2. The van der Waals surface area contributed by atoms with Gasteiger partial charge in [-0.3, -0.25) is 4.79 Å². The molecule has 1 saturated heterocycles. The molecular weight excluding hydrogens is 408 g/mol. The summed E-state index contributed by atoms with van der Waals surface area (Å²) < 4.78 is 28.1. The van der Waals surface area contributed by atoms with Crippen molar-refractivity contribution in [3.8, 4) is 0 Å². The minimum absolute atomic E-state index is 0.0401. The predicted molar refractivity (Wildman–Crippen MR) is 125 cm³/mol. The van der Waals surface area contributed by atoms with E-state index in [1.54, 1.807) is 24.1 Å². The van der Waals surface area contributed by atoms with Crippen molar-refractivity contribution in [3.63, 3.8) is 0 Å². The van der Waals surface area contributed by atoms with E-state index in [9.17, 15) is 13.2 Å². The highest BCUT2D eigenvalue weighted by Crippen LogP contribution is 2.28. The van der Waals surface area contributed by atoms with Crippen molar-refractivity contribution >= 4 is 32.4 Å². The van der Waals surface area contributed by atoms with Gasteiger partial charge in [0.1, 0.15) is 0 Å². The monoisotopic (exact) mass is 436 g/mol. The van der Waals surface area contributed by atoms with Crippen LogP contribution in [0.2, 0.25) is 0 Å². The third-order valence-corrected chi connectivity index (χ3v) is 8.16. The van der Waals surface area contributed by atoms with Crippen LogP contribution in [0.4, 0.5) is 5.69 Å². The maximum Gasteiger partial charge on any atom is 0.243 e. The lowest BCUT2D eigenvalue weighted by Crippen LogP contribution is -2.46. The molecule has 0 saturated carbocycles. The molecule has 162 valence electrons. The van der Waals surface area contributed by atoms with E-state index < -0.39 is 10.0 Å². The molecule has 4 rings (SSSR count). The molecule has 0 N–H and O–H groups in total. The first-order valence-electron chi connectivity index (χ1n) is 10.6. The molecular formula is C25H28N2O3S. The molecule has 0 aromatic heterocycles. The molecule has 1 heterocycles. The third-order valence-electron chi connectivity index (χ3n) is 6.30. The molecule has 0 unspecified atom stereocenters. The minimum atomic E-state index is -3.66. The summed E-state index contributed by atoms with van der Waals surface area (Å²) in [6.45, 7) is 4.71. The third kappa shape index (κ3) is 4.23. The molecule has 3 aromatic carbocycles. The molecule has 0 aliphatic carbocycles. The van der Waals surface area contributed by atoms with Gasteiger partial charge in [0.2, 0.25) is 15.9 Å². The molecule has 1 atom stereocenters. The Morgan fingerprint density at radius 2 is 1.71 bits per heavy atom. The van der Waals surface area contributed by atoms with Gasteiger partial charge in [-0.05, 0) is 72.9 Å². The van der Waals surface area contributed by atoms with Gasteiger partial charge in [0.05, 0.1) is 10.8 Å². The maximum atomic E-state index is 13.3. The van der Waals surface area contributed by atoms with Crippen molar-refractivity contribution in [2.75, 3.05) is 25.0 Å². The van der Waals surface area contributed by atoms with E-state index >= 15 is 0 Å². The minimum Gasteiger partial charge on any atom is -0.315 e. The Kier molecular flexibility index (Phi) is 5.86. The smallest absolute Gasteiger partial charge is 0.243 e. The standard InChI is InChI=1S/C25H28N2O3S/c1-18-10-12-23(15-19(18)2)26(3)25(28)22-9-6-14-27(17-22)31(29,30)24-13-11-20-7-4-5-8-21(20)16-24/h4-5,7-8,10-13,15-16,22H,6,9,14,17H2,1-3H3/t22-/m0/s1. The Bertz CT molecular complexity index is 1240. The molecule has 1 fully saturated rings. The highest BCUT2D eigenvalue weighted by molar-refractivity contribution is 7.89. The Balaban J connectivity index is 1.55. The van der Waals surface area contributed by atoms with Crippen LogP contribution < -0.4 is 4.90 Å². The van der Waals surface area contributed by atoms with Crippen LogP contribution in [0, 0.1) is 19.8 Å². The van der Waals surface area contributed by atoms with Crippen LogP contribution >= 0.6 is 0 Å². The largest absolute Gasteiger partial charge is 0.315 e. The van der Waals surface area contributed by atoms with Gasteiger partial charge in [-0.25, -0.2) is 8.42 Å². The summed E-state index contributed by atoms with van der Waals surface area (Å²) in [6, 6.07) is 18.9. The molecule has 0 spiro atoms. The fourth-order valence-electron chi connectivity index (χ4n) is 4.17. The van der Waals surface area contributed by atoms with Crippen LogP contribution in [-0.2, 0) is 14.8 Å². The molecule has 1 aliphatic heterocycles. The van der Waals surface area contributed by atoms with Crippen LogP contribution in [-0.4, -0.2) is 38.8 Å². The summed E-state index contributed by atoms with van der Waals surface area (Å²) in [5, 5.41) is 1.89. The van der Waals surface area contributed by atoms with E-state index in [1.807, 2.05) is 62.4 Å². The van der Waals surface area contributed by atoms with Crippen molar-refractivity contribution in [1.29, 1.82) is 0 Å². The average Bonchev–Trinajstić information content (AvgIpc) is 2.79. The molecule has 31 heavy (non-hydrogen) atoms. The van der Waals surface area contributed by atoms with Crippen LogP contribution in [0.3, 0.4) is 0 Å². The Morgan fingerprint density at radius 3 is 2.45 bits per heavy atom. The normalized spacial score (nSPS) is 17.6. The van der Waals surface area contributed by atoms with Crippen LogP contribution in [0.1, 0.15) is 24.0 Å². The first kappa shape index (κ1) is 21.5. The summed E-state index contributed by atoms with van der Waals surface area (Å²) in [4.78, 5) is 15.1. The molecule has 0 bridgehead atoms. The summed E-state index contributed by atoms with van der Waals surface area (Å²) >= 11 is 0. The number of anilines is 1. The number of fused-ring (bicyclic) bond motifs is 1. The number of carbonyl (C=O) groups excluding carboxylic acids is 1. The van der Waals surface area contributed by atoms with E-state index in [-0.39, 0.29) is 23.3 Å². The number of aryl methyl sites for hydroxylation is 2. The number of hydrogen-bond acceptors (Lipinski definition) is 3. The highest BCUT2D eigenvalue weighted by atomic mass is 32.2. The lowest BCUT2D eigenvalue weighted by Gasteiger charge is -2.33. The lowest BCUT2D eigenvalue weighted by atomic mass is 9.98. The number of nitrogens with zero attached hydrogens (tertiary/aromatic N) is 2. The van der Waals surface area contributed by atoms with E-state index in [2.05, 4.69) is 0 Å². The van der Waals surface area contributed by atoms with Gasteiger partial charge in [-0.1, -0.05) is 36.4 Å².